The van der Waals surface area contributed by atoms with Gasteiger partial charge in [-0.2, -0.15) is 0 Å². The van der Waals surface area contributed by atoms with Crippen LogP contribution in [-0.2, 0) is 4.74 Å². The normalized spacial score (nSPS) is 23.8. The van der Waals surface area contributed by atoms with Crippen molar-refractivity contribution in [2.75, 3.05) is 25.3 Å². The summed E-state index contributed by atoms with van der Waals surface area (Å²) in [6.07, 6.45) is 5.49. The smallest absolute Gasteiger partial charge is 0.278 e. The summed E-state index contributed by atoms with van der Waals surface area (Å²) in [5.74, 6) is -0.760. The van der Waals surface area contributed by atoms with Gasteiger partial charge in [-0.05, 0) is 25.7 Å². The third-order valence-electron chi connectivity index (χ3n) is 5.22. The number of ether oxygens (including phenoxy) is 1. The molecule has 4 rings (SSSR count). The van der Waals surface area contributed by atoms with Gasteiger partial charge in [0.25, 0.3) is 5.91 Å². The summed E-state index contributed by atoms with van der Waals surface area (Å²) < 4.78 is 6.76. The molecule has 0 aromatic carbocycles. The Labute approximate surface area is 127 Å². The molecule has 2 aliphatic heterocycles. The molecule has 1 saturated carbocycles. The molecule has 3 aliphatic rings. The van der Waals surface area contributed by atoms with Crippen molar-refractivity contribution in [3.63, 3.8) is 0 Å². The van der Waals surface area contributed by atoms with E-state index in [1.54, 1.807) is 4.90 Å². The topological polar surface area (TPSA) is 83.8 Å². The first-order chi connectivity index (χ1) is 10.6. The lowest BCUT2D eigenvalue weighted by molar-refractivity contribution is -0.137. The number of rotatable bonds is 1. The molecule has 1 aromatic rings. The highest BCUT2D eigenvalue weighted by Crippen LogP contribution is 2.43. The van der Waals surface area contributed by atoms with Crippen LogP contribution in [0.15, 0.2) is 17.1 Å². The van der Waals surface area contributed by atoms with Crippen molar-refractivity contribution in [3.05, 3.63) is 28.2 Å². The van der Waals surface area contributed by atoms with Gasteiger partial charge < -0.3 is 20.2 Å². The molecule has 1 aromatic heterocycles. The van der Waals surface area contributed by atoms with Gasteiger partial charge in [-0.25, -0.2) is 0 Å². The van der Waals surface area contributed by atoms with E-state index in [-0.39, 0.29) is 17.6 Å². The van der Waals surface area contributed by atoms with E-state index in [2.05, 4.69) is 5.43 Å². The number of nitrogens with one attached hydrogen (secondary N) is 1. The minimum absolute atomic E-state index is 0.0333. The van der Waals surface area contributed by atoms with E-state index in [0.29, 0.717) is 12.1 Å². The number of pyridine rings is 1. The maximum absolute atomic E-state index is 12.7. The van der Waals surface area contributed by atoms with Gasteiger partial charge >= 0.3 is 0 Å². The maximum Gasteiger partial charge on any atom is 0.278 e. The lowest BCUT2D eigenvalue weighted by Crippen LogP contribution is -2.54. The number of carbonyl (C=O) groups is 1. The van der Waals surface area contributed by atoms with E-state index in [4.69, 9.17) is 4.74 Å². The van der Waals surface area contributed by atoms with Gasteiger partial charge in [-0.15, -0.1) is 0 Å². The van der Waals surface area contributed by atoms with E-state index in [1.807, 2.05) is 0 Å². The van der Waals surface area contributed by atoms with Gasteiger partial charge in [0.1, 0.15) is 6.67 Å². The molecule has 0 radical (unpaired) electrons. The van der Waals surface area contributed by atoms with E-state index >= 15 is 0 Å². The van der Waals surface area contributed by atoms with Crippen molar-refractivity contribution in [2.45, 2.75) is 31.7 Å². The van der Waals surface area contributed by atoms with Gasteiger partial charge in [0.2, 0.25) is 5.43 Å². The number of amides is 1. The first kappa shape index (κ1) is 13.6. The minimum Gasteiger partial charge on any atom is -0.502 e. The fourth-order valence-electron chi connectivity index (χ4n) is 3.72. The predicted octanol–water partition coefficient (Wildman–Crippen LogP) is 0.470. The Bertz CT molecular complexity index is 670. The van der Waals surface area contributed by atoms with Gasteiger partial charge in [0.05, 0.1) is 13.2 Å². The monoisotopic (exact) mass is 305 g/mol. The van der Waals surface area contributed by atoms with E-state index in [1.165, 1.54) is 16.9 Å². The third kappa shape index (κ3) is 1.92. The number of aromatic nitrogens is 1. The van der Waals surface area contributed by atoms with Crippen molar-refractivity contribution in [1.82, 2.24) is 9.58 Å². The highest BCUT2D eigenvalue weighted by Gasteiger charge is 2.44. The molecule has 22 heavy (non-hydrogen) atoms. The van der Waals surface area contributed by atoms with E-state index in [9.17, 15) is 14.7 Å². The van der Waals surface area contributed by atoms with Crippen LogP contribution in [0.1, 0.15) is 36.2 Å². The molecule has 118 valence electrons. The Balaban J connectivity index is 1.56. The Hall–Kier alpha value is -2.02. The number of hydrogen-bond acceptors (Lipinski definition) is 5. The summed E-state index contributed by atoms with van der Waals surface area (Å²) in [6, 6.07) is 1.39. The third-order valence-corrected chi connectivity index (χ3v) is 5.22. The molecule has 2 N–H and O–H groups in total. The van der Waals surface area contributed by atoms with Crippen molar-refractivity contribution < 1.29 is 14.6 Å². The zero-order valence-electron chi connectivity index (χ0n) is 12.2. The van der Waals surface area contributed by atoms with Crippen LogP contribution in [0, 0.1) is 5.41 Å². The molecule has 1 amide bonds. The van der Waals surface area contributed by atoms with Crippen LogP contribution in [0.3, 0.4) is 0 Å². The number of fused-ring (bicyclic) bond motifs is 1. The lowest BCUT2D eigenvalue weighted by Gasteiger charge is -2.48. The Morgan fingerprint density at radius 3 is 2.64 bits per heavy atom. The molecular formula is C15H19N3O4. The predicted molar refractivity (Wildman–Crippen MR) is 78.3 cm³/mol. The van der Waals surface area contributed by atoms with E-state index in [0.717, 1.165) is 38.9 Å². The van der Waals surface area contributed by atoms with Crippen LogP contribution in [0.25, 0.3) is 0 Å². The highest BCUT2D eigenvalue weighted by molar-refractivity contribution is 5.96. The van der Waals surface area contributed by atoms with Gasteiger partial charge in [0, 0.05) is 23.7 Å². The summed E-state index contributed by atoms with van der Waals surface area (Å²) in [6.45, 7) is 2.07. The summed E-state index contributed by atoms with van der Waals surface area (Å²) in [5, 5.41) is 9.92. The number of nitrogens with zero attached hydrogens (tertiary/aromatic N) is 2. The van der Waals surface area contributed by atoms with Gasteiger partial charge in [0.15, 0.2) is 11.4 Å². The van der Waals surface area contributed by atoms with Crippen LogP contribution in [-0.4, -0.2) is 46.5 Å². The van der Waals surface area contributed by atoms with Crippen LogP contribution >= 0.6 is 0 Å². The van der Waals surface area contributed by atoms with Crippen molar-refractivity contribution in [1.29, 1.82) is 0 Å². The van der Waals surface area contributed by atoms with Crippen molar-refractivity contribution in [3.8, 4) is 5.75 Å². The fraction of sp³-hybridized carbons (Fsp3) is 0.600. The van der Waals surface area contributed by atoms with Crippen LogP contribution in [0.4, 0.5) is 0 Å². The Morgan fingerprint density at radius 1 is 1.27 bits per heavy atom. The van der Waals surface area contributed by atoms with E-state index < -0.39 is 11.2 Å². The second-order valence-corrected chi connectivity index (χ2v) is 6.56. The molecule has 0 bridgehead atoms. The second kappa shape index (κ2) is 4.74. The first-order valence-corrected chi connectivity index (χ1v) is 7.67. The molecule has 3 heterocycles. The van der Waals surface area contributed by atoms with Crippen LogP contribution < -0.4 is 10.9 Å². The Morgan fingerprint density at radius 2 is 2.00 bits per heavy atom. The molecule has 2 fully saturated rings. The van der Waals surface area contributed by atoms with Crippen molar-refractivity contribution in [2.24, 2.45) is 5.41 Å². The SMILES string of the molecule is O=C1c2c(O)c(=O)ccn2NCN1C1CCC2(CC1)COC2. The zero-order chi connectivity index (χ0) is 15.3. The van der Waals surface area contributed by atoms with Crippen LogP contribution in [0.2, 0.25) is 0 Å². The molecule has 1 saturated heterocycles. The summed E-state index contributed by atoms with van der Waals surface area (Å²) >= 11 is 0. The molecule has 1 spiro atoms. The minimum atomic E-state index is -0.530. The molecule has 0 atom stereocenters. The summed E-state index contributed by atoms with van der Waals surface area (Å²) in [4.78, 5) is 26.0. The van der Waals surface area contributed by atoms with Crippen molar-refractivity contribution >= 4 is 5.91 Å². The fourth-order valence-corrected chi connectivity index (χ4v) is 3.72. The molecule has 0 unspecified atom stereocenters. The lowest BCUT2D eigenvalue weighted by atomic mass is 9.71. The second-order valence-electron chi connectivity index (χ2n) is 6.56. The van der Waals surface area contributed by atoms with Gasteiger partial charge in [-0.3, -0.25) is 14.3 Å². The molecule has 1 aliphatic carbocycles. The average Bonchev–Trinajstić information content (AvgIpc) is 2.50. The summed E-state index contributed by atoms with van der Waals surface area (Å²) in [5.41, 5.74) is 2.89. The highest BCUT2D eigenvalue weighted by atomic mass is 16.5. The average molecular weight is 305 g/mol. The standard InChI is InChI=1S/C15H19N3O4/c19-11-3-6-18-12(13(11)20)14(21)17(9-16-18)10-1-4-15(5-2-10)7-22-8-15/h3,6,10,16,20H,1-2,4-5,7-9H2. The molecular weight excluding hydrogens is 286 g/mol. The summed E-state index contributed by atoms with van der Waals surface area (Å²) in [7, 11) is 0. The number of hydrogen-bond donors (Lipinski definition) is 2. The number of carbonyl (C=O) groups excluding carboxylic acids is 1. The Kier molecular flexibility index (Phi) is 2.94. The number of aromatic hydroxyl groups is 1. The van der Waals surface area contributed by atoms with Gasteiger partial charge in [-0.1, -0.05) is 0 Å². The zero-order valence-corrected chi connectivity index (χ0v) is 12.2. The first-order valence-electron chi connectivity index (χ1n) is 7.67. The quantitative estimate of drug-likeness (QED) is 0.788. The maximum atomic E-state index is 12.7. The molecule has 7 heteroatoms. The van der Waals surface area contributed by atoms with Crippen LogP contribution in [0.5, 0.6) is 5.75 Å². The largest absolute Gasteiger partial charge is 0.502 e. The molecule has 7 nitrogen and oxygen atoms in total.